The van der Waals surface area contributed by atoms with Crippen LogP contribution in [0.25, 0.3) is 0 Å². The van der Waals surface area contributed by atoms with Gasteiger partial charge in [-0.15, -0.1) is 5.10 Å². The molecule has 2 aliphatic heterocycles. The molecule has 4 bridgehead atoms. The molecule has 0 amide bonds. The molecule has 2 saturated carbocycles. The molecule has 4 aromatic heterocycles. The number of nitrogens with two attached hydrogens (primary N) is 1. The minimum Gasteiger partial charge on any atom is -0.424 e. The quantitative estimate of drug-likeness (QED) is 0.115. The molecule has 4 unspecified atom stereocenters. The van der Waals surface area contributed by atoms with Crippen LogP contribution in [-0.2, 0) is 19.5 Å². The van der Waals surface area contributed by atoms with Gasteiger partial charge in [-0.25, -0.2) is 29.3 Å². The molecule has 2 N–H and O–H groups in total. The van der Waals surface area contributed by atoms with E-state index in [1.165, 1.54) is 38.3 Å². The lowest BCUT2D eigenvalue weighted by Gasteiger charge is -2.38. The monoisotopic (exact) mass is 1030 g/mol. The Kier molecular flexibility index (Phi) is 16.0. The van der Waals surface area contributed by atoms with Crippen LogP contribution < -0.4 is 25.0 Å². The van der Waals surface area contributed by atoms with Gasteiger partial charge in [0.05, 0.1) is 0 Å². The van der Waals surface area contributed by atoms with Gasteiger partial charge in [0.1, 0.15) is 46.1 Å². The average Bonchev–Trinajstić information content (AvgIpc) is 3.93. The third-order valence-electron chi connectivity index (χ3n) is 12.4. The molecule has 20 heteroatoms. The van der Waals surface area contributed by atoms with E-state index >= 15 is 0 Å². The van der Waals surface area contributed by atoms with E-state index in [0.717, 1.165) is 76.0 Å². The smallest absolute Gasteiger partial charge is 0.321 e. The number of anilines is 2. The Labute approximate surface area is 407 Å². The van der Waals surface area contributed by atoms with Crippen molar-refractivity contribution in [3.63, 3.8) is 0 Å². The van der Waals surface area contributed by atoms with Crippen LogP contribution in [0.4, 0.5) is 11.6 Å². The first-order chi connectivity index (χ1) is 31.5. The highest BCUT2D eigenvalue weighted by Crippen LogP contribution is 2.44. The van der Waals surface area contributed by atoms with Crippen LogP contribution in [0, 0.1) is 29.6 Å². The molecule has 0 spiro atoms. The molecule has 2 aromatic carbocycles. The van der Waals surface area contributed by atoms with Crippen LogP contribution in [0.15, 0.2) is 78.1 Å². The zero-order valence-corrected chi connectivity index (χ0v) is 40.8. The van der Waals surface area contributed by atoms with Crippen molar-refractivity contribution < 1.29 is 9.47 Å². The van der Waals surface area contributed by atoms with Crippen LogP contribution >= 0.6 is 62.3 Å². The van der Waals surface area contributed by atoms with Crippen molar-refractivity contribution in [2.24, 2.45) is 35.3 Å². The van der Waals surface area contributed by atoms with E-state index in [1.54, 1.807) is 22.9 Å². The molecular weight excluding hydrogens is 976 g/mol. The standard InChI is InChI=1S/C23H26Cl2N6O.C11H11BrClN3O.C11H15ClN4/c1-2-8-31-23(32-18-5-3-4-17(24)9-18)28-21(29-31)10-19-15-6-7-16(19)13-30(12-15)22-11-20(25)26-14-27-22;1-2-6-16-11(14-10(12)15-16)17-9-5-3-4-8(13)7-9;12-9-3-10(15-6-14-9)16-4-7-1-2-8(5-16)11(7)13/h3-5,9,11,14-16,19H,2,6-8,10,12-13H2,1H3;3-5,7H,2,6H2,1H3;3,6-8,11H,1-2,4-5,13H2. The Morgan fingerprint density at radius 2 is 1.11 bits per heavy atom. The number of hydrogen-bond acceptors (Lipinski definition) is 13. The van der Waals surface area contributed by atoms with Crippen molar-refractivity contribution in [3.05, 3.63) is 104 Å². The van der Waals surface area contributed by atoms with Gasteiger partial charge in [0.15, 0.2) is 5.82 Å². The molecule has 4 fully saturated rings. The third kappa shape index (κ3) is 12.2. The van der Waals surface area contributed by atoms with Crippen molar-refractivity contribution in [2.45, 2.75) is 77.9 Å². The Balaban J connectivity index is 0.000000147. The van der Waals surface area contributed by atoms with Gasteiger partial charge in [-0.2, -0.15) is 15.1 Å². The zero-order chi connectivity index (χ0) is 45.5. The molecule has 4 atom stereocenters. The molecule has 15 nitrogen and oxygen atoms in total. The number of rotatable bonds is 12. The summed E-state index contributed by atoms with van der Waals surface area (Å²) in [7, 11) is 0. The molecular formula is C45H52BrCl4N13O2. The van der Waals surface area contributed by atoms with Gasteiger partial charge in [0.2, 0.25) is 4.73 Å². The van der Waals surface area contributed by atoms with Crippen LogP contribution in [0.2, 0.25) is 20.4 Å². The van der Waals surface area contributed by atoms with Crippen LogP contribution in [0.1, 0.15) is 58.2 Å². The molecule has 6 aromatic rings. The fourth-order valence-electron chi connectivity index (χ4n) is 9.41. The maximum absolute atomic E-state index is 6.17. The fourth-order valence-corrected chi connectivity index (χ4v) is 10.4. The lowest BCUT2D eigenvalue weighted by Crippen LogP contribution is -2.49. The van der Waals surface area contributed by atoms with E-state index in [1.807, 2.05) is 47.1 Å². The SMILES string of the molecule is CCCn1nc(Br)nc1Oc1cccc(Cl)c1.CCCn1nc(CC2C3CCC2CN(c2cc(Cl)ncn2)C3)nc1Oc1cccc(Cl)c1.NC1C2CCC1CN(c1cc(Cl)ncn1)C2. The molecule has 6 heterocycles. The van der Waals surface area contributed by atoms with Crippen molar-refractivity contribution in [2.75, 3.05) is 36.0 Å². The predicted molar refractivity (Wildman–Crippen MR) is 257 cm³/mol. The predicted octanol–water partition coefficient (Wildman–Crippen LogP) is 10.5. The maximum Gasteiger partial charge on any atom is 0.321 e. The summed E-state index contributed by atoms with van der Waals surface area (Å²) in [6.07, 6.45) is 10.8. The van der Waals surface area contributed by atoms with Crippen LogP contribution in [0.5, 0.6) is 23.5 Å². The number of aromatic nitrogens is 10. The highest BCUT2D eigenvalue weighted by Gasteiger charge is 2.43. The summed E-state index contributed by atoms with van der Waals surface area (Å²) in [5.41, 5.74) is 6.17. The summed E-state index contributed by atoms with van der Waals surface area (Å²) in [6, 6.07) is 19.6. The highest BCUT2D eigenvalue weighted by atomic mass is 79.9. The van der Waals surface area contributed by atoms with Crippen molar-refractivity contribution in [3.8, 4) is 23.5 Å². The second-order valence-corrected chi connectivity index (χ2v) is 19.2. The average molecular weight is 1030 g/mol. The third-order valence-corrected chi connectivity index (χ3v) is 13.6. The summed E-state index contributed by atoms with van der Waals surface area (Å²) in [6.45, 7) is 9.69. The topological polar surface area (TPSA) is 164 Å². The summed E-state index contributed by atoms with van der Waals surface area (Å²) < 4.78 is 15.8. The van der Waals surface area contributed by atoms with Crippen molar-refractivity contribution in [1.82, 2.24) is 49.5 Å². The van der Waals surface area contributed by atoms with E-state index in [0.29, 0.717) is 84.2 Å². The first-order valence-electron chi connectivity index (χ1n) is 22.1. The number of nitrogens with zero attached hydrogens (tertiary/aromatic N) is 12. The number of benzene rings is 2. The van der Waals surface area contributed by atoms with E-state index in [4.69, 9.17) is 71.7 Å². The number of aryl methyl sites for hydroxylation is 2. The van der Waals surface area contributed by atoms with Crippen LogP contribution in [0.3, 0.4) is 0 Å². The number of halogens is 5. The molecule has 344 valence electrons. The summed E-state index contributed by atoms with van der Waals surface area (Å²) >= 11 is 27.2. The molecule has 0 radical (unpaired) electrons. The van der Waals surface area contributed by atoms with Gasteiger partial charge in [-0.05, 0) is 120 Å². The van der Waals surface area contributed by atoms with Gasteiger partial charge in [-0.3, -0.25) is 0 Å². The van der Waals surface area contributed by atoms with E-state index in [-0.39, 0.29) is 0 Å². The molecule has 2 aliphatic carbocycles. The number of piperidine rings is 2. The van der Waals surface area contributed by atoms with Crippen molar-refractivity contribution in [1.29, 1.82) is 0 Å². The Bertz CT molecular complexity index is 2490. The number of fused-ring (bicyclic) bond motifs is 4. The molecule has 4 aliphatic rings. The molecule has 2 saturated heterocycles. The lowest BCUT2D eigenvalue weighted by atomic mass is 9.82. The van der Waals surface area contributed by atoms with E-state index in [9.17, 15) is 0 Å². The second-order valence-electron chi connectivity index (χ2n) is 16.9. The fraction of sp³-hybridized carbons (Fsp3) is 0.467. The Morgan fingerprint density at radius 3 is 1.60 bits per heavy atom. The normalized spacial score (nSPS) is 21.9. The van der Waals surface area contributed by atoms with Gasteiger partial charge in [0, 0.05) is 73.9 Å². The first-order valence-corrected chi connectivity index (χ1v) is 24.4. The van der Waals surface area contributed by atoms with Gasteiger partial charge in [0.25, 0.3) is 0 Å². The van der Waals surface area contributed by atoms with Gasteiger partial charge >= 0.3 is 12.0 Å². The molecule has 65 heavy (non-hydrogen) atoms. The maximum atomic E-state index is 6.17. The Hall–Kier alpha value is -4.32. The van der Waals surface area contributed by atoms with Gasteiger partial charge < -0.3 is 25.0 Å². The summed E-state index contributed by atoms with van der Waals surface area (Å²) in [5, 5.41) is 11.2. The van der Waals surface area contributed by atoms with Gasteiger partial charge in [-0.1, -0.05) is 72.4 Å². The van der Waals surface area contributed by atoms with Crippen LogP contribution in [-0.4, -0.2) is 81.7 Å². The van der Waals surface area contributed by atoms with E-state index in [2.05, 4.69) is 69.6 Å². The number of hydrogen-bond donors (Lipinski definition) is 1. The minimum absolute atomic E-state index is 0.383. The first kappa shape index (κ1) is 47.2. The highest BCUT2D eigenvalue weighted by molar-refractivity contribution is 9.10. The largest absolute Gasteiger partial charge is 0.424 e. The molecule has 10 rings (SSSR count). The second kappa shape index (κ2) is 22.0. The zero-order valence-electron chi connectivity index (χ0n) is 36.2. The Morgan fingerprint density at radius 1 is 0.631 bits per heavy atom. The lowest BCUT2D eigenvalue weighted by molar-refractivity contribution is 0.264. The van der Waals surface area contributed by atoms with E-state index < -0.39 is 0 Å². The summed E-state index contributed by atoms with van der Waals surface area (Å²) in [5.74, 6) is 7.03. The summed E-state index contributed by atoms with van der Waals surface area (Å²) in [4.78, 5) is 30.2. The number of ether oxygens (including phenoxy) is 2. The minimum atomic E-state index is 0.383. The van der Waals surface area contributed by atoms with Crippen molar-refractivity contribution >= 4 is 74.0 Å².